The molecule has 0 fully saturated rings. The van der Waals surface area contributed by atoms with Gasteiger partial charge in [0.05, 0.1) is 5.69 Å². The summed E-state index contributed by atoms with van der Waals surface area (Å²) in [5.41, 5.74) is 2.81. The van der Waals surface area contributed by atoms with E-state index in [1.54, 1.807) is 4.52 Å². The molecule has 0 aromatic carbocycles. The molecule has 0 aliphatic carbocycles. The van der Waals surface area contributed by atoms with Crippen molar-refractivity contribution >= 4 is 11.4 Å². The van der Waals surface area contributed by atoms with Crippen LogP contribution in [0, 0.1) is 0 Å². The second kappa shape index (κ2) is 5.38. The maximum absolute atomic E-state index is 4.52. The molecule has 4 rings (SSSR count). The van der Waals surface area contributed by atoms with Crippen molar-refractivity contribution in [3.05, 3.63) is 47.9 Å². The fourth-order valence-electron chi connectivity index (χ4n) is 2.51. The fourth-order valence-corrected chi connectivity index (χ4v) is 2.51. The van der Waals surface area contributed by atoms with Crippen LogP contribution in [0.5, 0.6) is 0 Å². The van der Waals surface area contributed by atoms with Crippen LogP contribution in [0.1, 0.15) is 36.8 Å². The lowest BCUT2D eigenvalue weighted by molar-refractivity contribution is 0.654. The zero-order valence-electron chi connectivity index (χ0n) is 13.0. The summed E-state index contributed by atoms with van der Waals surface area (Å²) >= 11 is 0. The van der Waals surface area contributed by atoms with Crippen LogP contribution in [0.15, 0.2) is 30.9 Å². The summed E-state index contributed by atoms with van der Waals surface area (Å²) in [4.78, 5) is 12.9. The lowest BCUT2D eigenvalue weighted by Crippen LogP contribution is -2.06. The molecule has 0 saturated carbocycles. The molecule has 0 aliphatic rings. The molecule has 4 heterocycles. The Kier molecular flexibility index (Phi) is 3.22. The standard InChI is InChI=1S/C15H16N8/c1-3-11-7-16-15-19-13(21-22(15)8-11)6-10(2)12-4-5-14-17-9-18-23(14)20-12/h4-5,7-10H,3,6H2,1-2H3. The third-order valence-electron chi connectivity index (χ3n) is 3.86. The van der Waals surface area contributed by atoms with Crippen LogP contribution in [0.2, 0.25) is 0 Å². The summed E-state index contributed by atoms with van der Waals surface area (Å²) in [6.07, 6.45) is 6.94. The maximum atomic E-state index is 4.52. The van der Waals surface area contributed by atoms with E-state index >= 15 is 0 Å². The highest BCUT2D eigenvalue weighted by Gasteiger charge is 2.14. The summed E-state index contributed by atoms with van der Waals surface area (Å²) in [6.45, 7) is 4.19. The van der Waals surface area contributed by atoms with Gasteiger partial charge >= 0.3 is 0 Å². The Labute approximate surface area is 132 Å². The highest BCUT2D eigenvalue weighted by atomic mass is 15.4. The Morgan fingerprint density at radius 1 is 1.17 bits per heavy atom. The van der Waals surface area contributed by atoms with Gasteiger partial charge < -0.3 is 0 Å². The highest BCUT2D eigenvalue weighted by molar-refractivity contribution is 5.35. The number of hydrogen-bond donors (Lipinski definition) is 0. The first-order valence-corrected chi connectivity index (χ1v) is 7.60. The van der Waals surface area contributed by atoms with E-state index in [4.69, 9.17) is 0 Å². The van der Waals surface area contributed by atoms with Gasteiger partial charge in [0.15, 0.2) is 11.5 Å². The zero-order chi connectivity index (χ0) is 15.8. The molecule has 0 bridgehead atoms. The lowest BCUT2D eigenvalue weighted by atomic mass is 10.0. The van der Waals surface area contributed by atoms with Crippen LogP contribution >= 0.6 is 0 Å². The number of aromatic nitrogens is 8. The molecule has 4 aromatic rings. The summed E-state index contributed by atoms with van der Waals surface area (Å²) in [7, 11) is 0. The van der Waals surface area contributed by atoms with Crippen molar-refractivity contribution in [3.8, 4) is 0 Å². The van der Waals surface area contributed by atoms with E-state index in [2.05, 4.69) is 44.1 Å². The average Bonchev–Trinajstić information content (AvgIpc) is 3.18. The average molecular weight is 308 g/mol. The van der Waals surface area contributed by atoms with Gasteiger partial charge in [0.25, 0.3) is 5.78 Å². The number of fused-ring (bicyclic) bond motifs is 2. The molecule has 0 radical (unpaired) electrons. The molecular formula is C15H16N8. The number of aryl methyl sites for hydroxylation is 1. The van der Waals surface area contributed by atoms with E-state index in [9.17, 15) is 0 Å². The zero-order valence-corrected chi connectivity index (χ0v) is 13.0. The van der Waals surface area contributed by atoms with Gasteiger partial charge in [-0.2, -0.15) is 10.1 Å². The Morgan fingerprint density at radius 2 is 2.09 bits per heavy atom. The lowest BCUT2D eigenvalue weighted by Gasteiger charge is -2.07. The van der Waals surface area contributed by atoms with Crippen molar-refractivity contribution in [2.75, 3.05) is 0 Å². The van der Waals surface area contributed by atoms with E-state index < -0.39 is 0 Å². The van der Waals surface area contributed by atoms with Gasteiger partial charge in [0.2, 0.25) is 0 Å². The second-order valence-corrected chi connectivity index (χ2v) is 5.56. The molecule has 1 unspecified atom stereocenters. The van der Waals surface area contributed by atoms with Crippen molar-refractivity contribution < 1.29 is 0 Å². The molecule has 0 amide bonds. The van der Waals surface area contributed by atoms with Gasteiger partial charge in [-0.05, 0) is 24.1 Å². The third-order valence-corrected chi connectivity index (χ3v) is 3.86. The molecule has 0 spiro atoms. The minimum atomic E-state index is 0.173. The Hall–Kier alpha value is -2.90. The van der Waals surface area contributed by atoms with Crippen molar-refractivity contribution in [2.24, 2.45) is 0 Å². The Morgan fingerprint density at radius 3 is 2.96 bits per heavy atom. The predicted octanol–water partition coefficient (Wildman–Crippen LogP) is 1.47. The first kappa shape index (κ1) is 13.7. The summed E-state index contributed by atoms with van der Waals surface area (Å²) < 4.78 is 3.28. The van der Waals surface area contributed by atoms with Gasteiger partial charge in [-0.25, -0.2) is 14.5 Å². The molecule has 8 heteroatoms. The van der Waals surface area contributed by atoms with Crippen LogP contribution in [-0.4, -0.2) is 39.4 Å². The van der Waals surface area contributed by atoms with Gasteiger partial charge in [-0.1, -0.05) is 13.8 Å². The molecule has 8 nitrogen and oxygen atoms in total. The third kappa shape index (κ3) is 2.52. The van der Waals surface area contributed by atoms with E-state index in [1.807, 2.05) is 24.5 Å². The second-order valence-electron chi connectivity index (χ2n) is 5.56. The Bertz CT molecular complexity index is 970. The number of rotatable bonds is 4. The monoisotopic (exact) mass is 308 g/mol. The molecule has 0 N–H and O–H groups in total. The Balaban J connectivity index is 1.61. The largest absolute Gasteiger partial charge is 0.252 e. The molecule has 0 aliphatic heterocycles. The topological polar surface area (TPSA) is 86.2 Å². The first-order chi connectivity index (χ1) is 11.2. The summed E-state index contributed by atoms with van der Waals surface area (Å²) in [5, 5.41) is 13.1. The van der Waals surface area contributed by atoms with Crippen LogP contribution in [0.25, 0.3) is 11.4 Å². The predicted molar refractivity (Wildman–Crippen MR) is 83.1 cm³/mol. The van der Waals surface area contributed by atoms with Crippen molar-refractivity contribution in [1.82, 2.24) is 39.4 Å². The molecule has 4 aromatic heterocycles. The van der Waals surface area contributed by atoms with E-state index in [-0.39, 0.29) is 5.92 Å². The molecule has 23 heavy (non-hydrogen) atoms. The molecular weight excluding hydrogens is 292 g/mol. The normalized spacial score (nSPS) is 13.0. The molecule has 1 atom stereocenters. The number of hydrogen-bond acceptors (Lipinski definition) is 6. The van der Waals surface area contributed by atoms with Gasteiger partial charge in [-0.3, -0.25) is 0 Å². The number of nitrogens with zero attached hydrogens (tertiary/aromatic N) is 8. The summed E-state index contributed by atoms with van der Waals surface area (Å²) in [5.74, 6) is 1.56. The van der Waals surface area contributed by atoms with Gasteiger partial charge in [0, 0.05) is 24.7 Å². The van der Waals surface area contributed by atoms with Crippen LogP contribution in [-0.2, 0) is 12.8 Å². The van der Waals surface area contributed by atoms with Gasteiger partial charge in [0.1, 0.15) is 6.33 Å². The van der Waals surface area contributed by atoms with E-state index in [1.165, 1.54) is 11.0 Å². The SMILES string of the molecule is CCc1cnc2nc(CC(C)c3ccc4ncnn4n3)nn2c1. The van der Waals surface area contributed by atoms with E-state index in [0.717, 1.165) is 29.1 Å². The smallest absolute Gasteiger partial charge is 0.219 e. The summed E-state index contributed by atoms with van der Waals surface area (Å²) in [6, 6.07) is 3.88. The van der Waals surface area contributed by atoms with E-state index in [0.29, 0.717) is 12.2 Å². The fraction of sp³-hybridized carbons (Fsp3) is 0.333. The maximum Gasteiger partial charge on any atom is 0.252 e. The first-order valence-electron chi connectivity index (χ1n) is 7.60. The molecule has 0 saturated heterocycles. The van der Waals surface area contributed by atoms with Crippen molar-refractivity contribution in [3.63, 3.8) is 0 Å². The van der Waals surface area contributed by atoms with Crippen molar-refractivity contribution in [2.45, 2.75) is 32.6 Å². The van der Waals surface area contributed by atoms with Crippen LogP contribution < -0.4 is 0 Å². The van der Waals surface area contributed by atoms with Crippen molar-refractivity contribution in [1.29, 1.82) is 0 Å². The van der Waals surface area contributed by atoms with Crippen LogP contribution in [0.4, 0.5) is 0 Å². The van der Waals surface area contributed by atoms with Crippen LogP contribution in [0.3, 0.4) is 0 Å². The highest BCUT2D eigenvalue weighted by Crippen LogP contribution is 2.17. The molecule has 116 valence electrons. The minimum absolute atomic E-state index is 0.173. The van der Waals surface area contributed by atoms with Gasteiger partial charge in [-0.15, -0.1) is 14.8 Å². The quantitative estimate of drug-likeness (QED) is 0.567. The minimum Gasteiger partial charge on any atom is -0.219 e.